The number of hydrogen-bond donors (Lipinski definition) is 0. The topological polar surface area (TPSA) is 37.4 Å². The lowest BCUT2D eigenvalue weighted by molar-refractivity contribution is -0.124. The van der Waals surface area contributed by atoms with Crippen LogP contribution in [0.1, 0.15) is 20.8 Å². The van der Waals surface area contributed by atoms with Crippen molar-refractivity contribution in [3.63, 3.8) is 0 Å². The molecule has 1 atom stereocenters. The van der Waals surface area contributed by atoms with E-state index in [1.165, 1.54) is 4.57 Å². The third kappa shape index (κ3) is 1.56. The van der Waals surface area contributed by atoms with Crippen LogP contribution in [0.4, 0.5) is 4.79 Å². The molecule has 5 heteroatoms. The minimum absolute atomic E-state index is 0.0100. The number of carbonyl (C=O) groups excluding carboxylic acids is 2. The molecular weight excluding hydrogens is 190 g/mol. The molecule has 1 saturated heterocycles. The first-order valence-electron chi connectivity index (χ1n) is 3.82. The van der Waals surface area contributed by atoms with Crippen molar-refractivity contribution in [1.82, 2.24) is 4.57 Å². The highest BCUT2D eigenvalue weighted by Gasteiger charge is 2.43. The number of nitrogens with zero attached hydrogens (tertiary/aromatic N) is 1. The SMILES string of the molecule is CC(C)(C)C1SC(=O)N([SiH3])C1=O. The Kier molecular flexibility index (Phi) is 2.35. The number of carbonyl (C=O) groups is 2. The second kappa shape index (κ2) is 2.88. The van der Waals surface area contributed by atoms with Gasteiger partial charge >= 0.3 is 0 Å². The third-order valence-electron chi connectivity index (χ3n) is 1.83. The fraction of sp³-hybridized carbons (Fsp3) is 0.714. The van der Waals surface area contributed by atoms with Gasteiger partial charge in [0.1, 0.15) is 10.4 Å². The average Bonchev–Trinajstić information content (AvgIpc) is 2.15. The molecule has 12 heavy (non-hydrogen) atoms. The third-order valence-corrected chi connectivity index (χ3v) is 4.62. The van der Waals surface area contributed by atoms with E-state index in [1.807, 2.05) is 20.8 Å². The fourth-order valence-corrected chi connectivity index (χ4v) is 2.87. The monoisotopic (exact) mass is 203 g/mol. The maximum atomic E-state index is 11.5. The second-order valence-corrected chi connectivity index (χ2v) is 5.98. The van der Waals surface area contributed by atoms with Gasteiger partial charge in [0.15, 0.2) is 0 Å². The molecule has 0 aromatic carbocycles. The Hall–Kier alpha value is -0.293. The molecule has 0 saturated carbocycles. The number of imide groups is 1. The van der Waals surface area contributed by atoms with Crippen molar-refractivity contribution in [3.05, 3.63) is 0 Å². The van der Waals surface area contributed by atoms with Crippen molar-refractivity contribution in [3.8, 4) is 0 Å². The molecule has 1 unspecified atom stereocenters. The van der Waals surface area contributed by atoms with Gasteiger partial charge in [-0.3, -0.25) is 9.59 Å². The van der Waals surface area contributed by atoms with Gasteiger partial charge in [-0.1, -0.05) is 32.5 Å². The van der Waals surface area contributed by atoms with Crippen molar-refractivity contribution >= 4 is 33.3 Å². The molecule has 0 aromatic rings. The summed E-state index contributed by atoms with van der Waals surface area (Å²) >= 11 is 1.16. The van der Waals surface area contributed by atoms with Gasteiger partial charge in [-0.15, -0.1) is 0 Å². The summed E-state index contributed by atoms with van der Waals surface area (Å²) in [6, 6.07) is 0. The van der Waals surface area contributed by atoms with E-state index in [9.17, 15) is 9.59 Å². The molecule has 1 aliphatic heterocycles. The molecule has 0 aromatic heterocycles. The first kappa shape index (κ1) is 9.79. The summed E-state index contributed by atoms with van der Waals surface area (Å²) in [5.41, 5.74) is -0.115. The van der Waals surface area contributed by atoms with E-state index in [0.717, 1.165) is 11.8 Å². The Labute approximate surface area is 79.4 Å². The van der Waals surface area contributed by atoms with Gasteiger partial charge in [-0.05, 0) is 5.41 Å². The summed E-state index contributed by atoms with van der Waals surface area (Å²) in [7, 11) is 0.506. The van der Waals surface area contributed by atoms with Crippen LogP contribution in [0.3, 0.4) is 0 Å². The standard InChI is InChI=1S/C7H13NO2SSi/c1-7(2,3)4-5(9)8(12)6(10)11-4/h4H,1-3,12H3. The predicted octanol–water partition coefficient (Wildman–Crippen LogP) is 0.377. The van der Waals surface area contributed by atoms with Gasteiger partial charge in [-0.25, -0.2) is 0 Å². The molecule has 0 spiro atoms. The highest BCUT2D eigenvalue weighted by molar-refractivity contribution is 8.15. The lowest BCUT2D eigenvalue weighted by atomic mass is 9.91. The van der Waals surface area contributed by atoms with Gasteiger partial charge in [0.2, 0.25) is 5.91 Å². The van der Waals surface area contributed by atoms with Gasteiger partial charge < -0.3 is 4.57 Å². The molecule has 1 fully saturated rings. The van der Waals surface area contributed by atoms with E-state index >= 15 is 0 Å². The van der Waals surface area contributed by atoms with Crippen LogP contribution < -0.4 is 0 Å². The first-order valence-corrected chi connectivity index (χ1v) is 5.59. The Morgan fingerprint density at radius 1 is 1.42 bits per heavy atom. The molecule has 68 valence electrons. The zero-order valence-corrected chi connectivity index (χ0v) is 10.6. The zero-order chi connectivity index (χ0) is 9.52. The highest BCUT2D eigenvalue weighted by Crippen LogP contribution is 2.37. The maximum absolute atomic E-state index is 11.5. The maximum Gasteiger partial charge on any atom is 0.280 e. The van der Waals surface area contributed by atoms with Crippen LogP contribution in [0.5, 0.6) is 0 Å². The number of rotatable bonds is 0. The Balaban J connectivity index is 2.86. The molecule has 0 N–H and O–H groups in total. The van der Waals surface area contributed by atoms with Gasteiger partial charge in [0.05, 0.1) is 5.25 Å². The summed E-state index contributed by atoms with van der Waals surface area (Å²) in [5, 5.41) is -0.255. The largest absolute Gasteiger partial charge is 0.311 e. The molecular formula is C7H13NO2SSi. The number of hydrogen-bond acceptors (Lipinski definition) is 3. The second-order valence-electron chi connectivity index (χ2n) is 4.03. The minimum atomic E-state index is -0.178. The van der Waals surface area contributed by atoms with E-state index in [0.29, 0.717) is 10.4 Å². The van der Waals surface area contributed by atoms with Crippen LogP contribution in [-0.4, -0.2) is 31.4 Å². The van der Waals surface area contributed by atoms with Crippen LogP contribution in [0, 0.1) is 5.41 Å². The number of amides is 2. The van der Waals surface area contributed by atoms with Crippen LogP contribution in [0.25, 0.3) is 0 Å². The van der Waals surface area contributed by atoms with Crippen molar-refractivity contribution in [2.75, 3.05) is 0 Å². The highest BCUT2D eigenvalue weighted by atomic mass is 32.2. The molecule has 1 heterocycles. The van der Waals surface area contributed by atoms with E-state index < -0.39 is 0 Å². The normalized spacial score (nSPS) is 25.6. The van der Waals surface area contributed by atoms with Crippen molar-refractivity contribution < 1.29 is 9.59 Å². The molecule has 0 radical (unpaired) electrons. The van der Waals surface area contributed by atoms with Gasteiger partial charge in [-0.2, -0.15) is 0 Å². The summed E-state index contributed by atoms with van der Waals surface area (Å²) in [4.78, 5) is 22.6. The van der Waals surface area contributed by atoms with Crippen LogP contribution >= 0.6 is 11.8 Å². The summed E-state index contributed by atoms with van der Waals surface area (Å²) in [6.45, 7) is 5.95. The Morgan fingerprint density at radius 2 is 1.92 bits per heavy atom. The molecule has 0 bridgehead atoms. The summed E-state index contributed by atoms with van der Waals surface area (Å²) in [6.07, 6.45) is 0. The molecule has 1 rings (SSSR count). The van der Waals surface area contributed by atoms with E-state index in [2.05, 4.69) is 0 Å². The Bertz CT molecular complexity index is 236. The van der Waals surface area contributed by atoms with Crippen LogP contribution in [0.15, 0.2) is 0 Å². The minimum Gasteiger partial charge on any atom is -0.311 e. The smallest absolute Gasteiger partial charge is 0.280 e. The molecule has 3 nitrogen and oxygen atoms in total. The molecule has 0 aliphatic carbocycles. The predicted molar refractivity (Wildman–Crippen MR) is 53.0 cm³/mol. The fourth-order valence-electron chi connectivity index (χ4n) is 1.04. The molecule has 1 aliphatic rings. The summed E-state index contributed by atoms with van der Waals surface area (Å²) < 4.78 is 1.33. The Morgan fingerprint density at radius 3 is 2.08 bits per heavy atom. The quantitative estimate of drug-likeness (QED) is 0.534. The zero-order valence-electron chi connectivity index (χ0n) is 7.75. The van der Waals surface area contributed by atoms with E-state index in [1.54, 1.807) is 0 Å². The van der Waals surface area contributed by atoms with Crippen LogP contribution in [-0.2, 0) is 4.79 Å². The average molecular weight is 203 g/mol. The lowest BCUT2D eigenvalue weighted by Crippen LogP contribution is -2.35. The van der Waals surface area contributed by atoms with Crippen molar-refractivity contribution in [2.24, 2.45) is 5.41 Å². The van der Waals surface area contributed by atoms with Crippen molar-refractivity contribution in [1.29, 1.82) is 0 Å². The molecule has 2 amide bonds. The number of thioether (sulfide) groups is 1. The summed E-state index contributed by atoms with van der Waals surface area (Å²) in [5.74, 6) is -0.0100. The van der Waals surface area contributed by atoms with Crippen LogP contribution in [0.2, 0.25) is 0 Å². The van der Waals surface area contributed by atoms with Gasteiger partial charge in [0, 0.05) is 0 Å². The lowest BCUT2D eigenvalue weighted by Gasteiger charge is -2.22. The van der Waals surface area contributed by atoms with E-state index in [-0.39, 0.29) is 21.8 Å². The van der Waals surface area contributed by atoms with Gasteiger partial charge in [0.25, 0.3) is 5.24 Å². The first-order chi connectivity index (χ1) is 5.34. The van der Waals surface area contributed by atoms with E-state index in [4.69, 9.17) is 0 Å². The van der Waals surface area contributed by atoms with Crippen molar-refractivity contribution in [2.45, 2.75) is 26.0 Å².